The zero-order chi connectivity index (χ0) is 21.9. The Balaban J connectivity index is 2.14. The van der Waals surface area contributed by atoms with Crippen molar-refractivity contribution in [2.24, 2.45) is 11.1 Å². The smallest absolute Gasteiger partial charge is 0.477 e. The third-order valence-electron chi connectivity index (χ3n) is 6.00. The molecule has 0 aromatic heterocycles. The predicted molar refractivity (Wildman–Crippen MR) is 114 cm³/mol. The van der Waals surface area contributed by atoms with Crippen LogP contribution >= 0.6 is 0 Å². The fourth-order valence-corrected chi connectivity index (χ4v) is 3.42. The Hall–Kier alpha value is -1.67. The van der Waals surface area contributed by atoms with Gasteiger partial charge in [0.25, 0.3) is 0 Å². The van der Waals surface area contributed by atoms with Gasteiger partial charge in [-0.05, 0) is 73.2 Å². The third-order valence-corrected chi connectivity index (χ3v) is 6.00. The van der Waals surface area contributed by atoms with E-state index < -0.39 is 5.41 Å². The van der Waals surface area contributed by atoms with Crippen molar-refractivity contribution in [3.05, 3.63) is 23.6 Å². The average molecular weight is 408 g/mol. The van der Waals surface area contributed by atoms with E-state index in [-0.39, 0.29) is 36.9 Å². The highest BCUT2D eigenvalue weighted by Crippen LogP contribution is 2.43. The van der Waals surface area contributed by atoms with E-state index in [0.29, 0.717) is 31.8 Å². The molecular formula is C21H37BN2O5. The summed E-state index contributed by atoms with van der Waals surface area (Å²) in [6.45, 7) is 14.5. The monoisotopic (exact) mass is 408 g/mol. The minimum Gasteiger partial charge on any atom is -0.477 e. The van der Waals surface area contributed by atoms with Gasteiger partial charge in [0.2, 0.25) is 5.88 Å². The van der Waals surface area contributed by atoms with Crippen molar-refractivity contribution >= 4 is 13.1 Å². The maximum atomic E-state index is 12.8. The first-order valence-corrected chi connectivity index (χ1v) is 10.5. The van der Waals surface area contributed by atoms with Gasteiger partial charge in [0, 0.05) is 6.04 Å². The summed E-state index contributed by atoms with van der Waals surface area (Å²) in [5, 5.41) is 3.14. The Labute approximate surface area is 175 Å². The number of nitrogens with one attached hydrogen (secondary N) is 1. The summed E-state index contributed by atoms with van der Waals surface area (Å²) in [6, 6.07) is 0.171. The molecule has 1 atom stereocenters. The molecule has 2 rings (SSSR count). The standard InChI is InChI=1S/C21H37BN2O5/c1-8-26-18(25)21(14-27-17(13-23)24-15(2)3)11-9-16(10-12-21)22-28-19(4,5)20(6,7)29-22/h9,13,15,24H,8,10-12,14,23H2,1-7H3/b17-13+. The van der Waals surface area contributed by atoms with Gasteiger partial charge >= 0.3 is 13.1 Å². The number of rotatable bonds is 8. The molecule has 0 aromatic rings. The molecule has 1 unspecified atom stereocenters. The molecule has 1 heterocycles. The van der Waals surface area contributed by atoms with Crippen LogP contribution in [0.2, 0.25) is 0 Å². The van der Waals surface area contributed by atoms with E-state index in [1.165, 1.54) is 6.20 Å². The highest BCUT2D eigenvalue weighted by atomic mass is 16.7. The van der Waals surface area contributed by atoms with E-state index in [2.05, 4.69) is 5.32 Å². The van der Waals surface area contributed by atoms with Gasteiger partial charge in [0.15, 0.2) is 0 Å². The fourth-order valence-electron chi connectivity index (χ4n) is 3.42. The largest absolute Gasteiger partial charge is 0.490 e. The molecule has 0 bridgehead atoms. The van der Waals surface area contributed by atoms with Crippen molar-refractivity contribution in [3.8, 4) is 0 Å². The number of carbonyl (C=O) groups excluding carboxylic acids is 1. The second kappa shape index (κ2) is 9.00. The summed E-state index contributed by atoms with van der Waals surface area (Å²) < 4.78 is 23.6. The Morgan fingerprint density at radius 2 is 1.90 bits per heavy atom. The molecule has 1 aliphatic heterocycles. The topological polar surface area (TPSA) is 92.0 Å². The average Bonchev–Trinajstić information content (AvgIpc) is 2.86. The lowest BCUT2D eigenvalue weighted by Crippen LogP contribution is -2.41. The summed E-state index contributed by atoms with van der Waals surface area (Å²) >= 11 is 0. The van der Waals surface area contributed by atoms with Gasteiger partial charge in [-0.25, -0.2) is 0 Å². The van der Waals surface area contributed by atoms with E-state index in [9.17, 15) is 4.79 Å². The molecule has 1 fully saturated rings. The number of hydrogen-bond donors (Lipinski definition) is 2. The van der Waals surface area contributed by atoms with Gasteiger partial charge in [-0.3, -0.25) is 4.79 Å². The molecule has 29 heavy (non-hydrogen) atoms. The molecule has 7 nitrogen and oxygen atoms in total. The summed E-state index contributed by atoms with van der Waals surface area (Å²) in [6.07, 6.45) is 5.21. The molecule has 2 aliphatic rings. The molecule has 0 spiro atoms. The lowest BCUT2D eigenvalue weighted by Gasteiger charge is -2.34. The summed E-state index contributed by atoms with van der Waals surface area (Å²) in [4.78, 5) is 12.8. The van der Waals surface area contributed by atoms with Crippen LogP contribution in [0.5, 0.6) is 0 Å². The molecular weight excluding hydrogens is 371 g/mol. The molecule has 0 aromatic carbocycles. The minimum absolute atomic E-state index is 0.171. The molecule has 3 N–H and O–H groups in total. The molecule has 8 heteroatoms. The van der Waals surface area contributed by atoms with Crippen LogP contribution < -0.4 is 11.1 Å². The zero-order valence-corrected chi connectivity index (χ0v) is 19.0. The first kappa shape index (κ1) is 23.6. The van der Waals surface area contributed by atoms with Crippen LogP contribution in [-0.2, 0) is 23.6 Å². The van der Waals surface area contributed by atoms with E-state index >= 15 is 0 Å². The second-order valence-corrected chi connectivity index (χ2v) is 9.19. The Kier molecular flexibility index (Phi) is 7.33. The van der Waals surface area contributed by atoms with Crippen LogP contribution in [0.25, 0.3) is 0 Å². The summed E-state index contributed by atoms with van der Waals surface area (Å²) in [5.74, 6) is 0.217. The molecule has 0 saturated carbocycles. The first-order chi connectivity index (χ1) is 13.5. The minimum atomic E-state index is -0.754. The van der Waals surface area contributed by atoms with Crippen molar-refractivity contribution < 1.29 is 23.6 Å². The van der Waals surface area contributed by atoms with E-state index in [1.54, 1.807) is 0 Å². The van der Waals surface area contributed by atoms with E-state index in [1.807, 2.05) is 54.5 Å². The lowest BCUT2D eigenvalue weighted by atomic mass is 9.66. The number of carbonyl (C=O) groups is 1. The van der Waals surface area contributed by atoms with Gasteiger partial charge in [0.1, 0.15) is 12.0 Å². The van der Waals surface area contributed by atoms with Crippen LogP contribution in [-0.4, -0.2) is 43.5 Å². The van der Waals surface area contributed by atoms with Crippen molar-refractivity contribution in [1.82, 2.24) is 5.32 Å². The van der Waals surface area contributed by atoms with Gasteiger partial charge in [0.05, 0.1) is 24.0 Å². The normalized spacial score (nSPS) is 26.3. The van der Waals surface area contributed by atoms with Crippen LogP contribution in [0.15, 0.2) is 23.6 Å². The van der Waals surface area contributed by atoms with Gasteiger partial charge < -0.3 is 29.8 Å². The molecule has 164 valence electrons. The van der Waals surface area contributed by atoms with Crippen LogP contribution in [0.1, 0.15) is 67.7 Å². The molecule has 0 radical (unpaired) electrons. The van der Waals surface area contributed by atoms with Crippen molar-refractivity contribution in [2.75, 3.05) is 13.2 Å². The lowest BCUT2D eigenvalue weighted by molar-refractivity contribution is -0.159. The van der Waals surface area contributed by atoms with Gasteiger partial charge in [-0.2, -0.15) is 0 Å². The Morgan fingerprint density at radius 1 is 1.28 bits per heavy atom. The van der Waals surface area contributed by atoms with Gasteiger partial charge in [-0.1, -0.05) is 6.08 Å². The highest BCUT2D eigenvalue weighted by molar-refractivity contribution is 6.54. The molecule has 1 saturated heterocycles. The fraction of sp³-hybridized carbons (Fsp3) is 0.762. The Morgan fingerprint density at radius 3 is 2.34 bits per heavy atom. The number of nitrogens with two attached hydrogens (primary N) is 1. The van der Waals surface area contributed by atoms with Gasteiger partial charge in [-0.15, -0.1) is 0 Å². The second-order valence-electron chi connectivity index (χ2n) is 9.19. The van der Waals surface area contributed by atoms with Crippen LogP contribution in [0.4, 0.5) is 0 Å². The SMILES string of the molecule is CCOC(=O)C1(CO/C(=C/N)NC(C)C)CC=C(B2OC(C)(C)C(C)(C)O2)CC1. The predicted octanol–water partition coefficient (Wildman–Crippen LogP) is 3.05. The zero-order valence-electron chi connectivity index (χ0n) is 19.0. The maximum Gasteiger partial charge on any atom is 0.490 e. The van der Waals surface area contributed by atoms with Crippen molar-refractivity contribution in [1.29, 1.82) is 0 Å². The van der Waals surface area contributed by atoms with E-state index in [4.69, 9.17) is 24.5 Å². The number of allylic oxidation sites excluding steroid dienone is 2. The number of hydrogen-bond acceptors (Lipinski definition) is 7. The molecule has 1 aliphatic carbocycles. The van der Waals surface area contributed by atoms with Crippen molar-refractivity contribution in [3.63, 3.8) is 0 Å². The summed E-state index contributed by atoms with van der Waals surface area (Å²) in [7, 11) is -0.386. The maximum absolute atomic E-state index is 12.8. The quantitative estimate of drug-likeness (QED) is 0.362. The van der Waals surface area contributed by atoms with Crippen LogP contribution in [0, 0.1) is 5.41 Å². The number of ether oxygens (including phenoxy) is 2. The molecule has 0 amide bonds. The van der Waals surface area contributed by atoms with Crippen molar-refractivity contribution in [2.45, 2.75) is 85.0 Å². The Bertz CT molecular complexity index is 643. The highest BCUT2D eigenvalue weighted by Gasteiger charge is 2.53. The number of esters is 1. The summed E-state index contributed by atoms with van der Waals surface area (Å²) in [5.41, 5.74) is 5.20. The van der Waals surface area contributed by atoms with Crippen LogP contribution in [0.3, 0.4) is 0 Å². The first-order valence-electron chi connectivity index (χ1n) is 10.5. The van der Waals surface area contributed by atoms with E-state index in [0.717, 1.165) is 5.47 Å². The third kappa shape index (κ3) is 5.28.